The molecule has 0 spiro atoms. The summed E-state index contributed by atoms with van der Waals surface area (Å²) in [5.41, 5.74) is -0.247. The fourth-order valence-corrected chi connectivity index (χ4v) is 1.45. The summed E-state index contributed by atoms with van der Waals surface area (Å²) in [6.45, 7) is 2.59. The molecule has 0 aliphatic heterocycles. The van der Waals surface area contributed by atoms with E-state index in [1.165, 1.54) is 18.3 Å². The fourth-order valence-electron chi connectivity index (χ4n) is 1.31. The van der Waals surface area contributed by atoms with Crippen molar-refractivity contribution in [3.63, 3.8) is 0 Å². The van der Waals surface area contributed by atoms with E-state index in [0.717, 1.165) is 0 Å². The molecule has 0 fully saturated rings. The van der Waals surface area contributed by atoms with E-state index < -0.39 is 4.92 Å². The number of nitro groups is 1. The van der Waals surface area contributed by atoms with Crippen molar-refractivity contribution in [1.82, 2.24) is 14.8 Å². The van der Waals surface area contributed by atoms with Crippen LogP contribution in [-0.4, -0.2) is 19.7 Å². The molecular weight excluding hydrogens is 260 g/mol. The first-order chi connectivity index (χ1) is 8.60. The predicted molar refractivity (Wildman–Crippen MR) is 63.9 cm³/mol. The monoisotopic (exact) mass is 268 g/mol. The van der Waals surface area contributed by atoms with Gasteiger partial charge in [0.15, 0.2) is 5.75 Å². The van der Waals surface area contributed by atoms with E-state index in [4.69, 9.17) is 16.3 Å². The van der Waals surface area contributed by atoms with Crippen LogP contribution < -0.4 is 4.74 Å². The van der Waals surface area contributed by atoms with Crippen LogP contribution in [0.15, 0.2) is 24.5 Å². The molecule has 94 valence electrons. The van der Waals surface area contributed by atoms with Crippen LogP contribution in [0.3, 0.4) is 0 Å². The predicted octanol–water partition coefficient (Wildman–Crippen LogP) is 2.65. The molecule has 0 radical (unpaired) electrons. The number of ether oxygens (including phenoxy) is 1. The third kappa shape index (κ3) is 2.57. The Hall–Kier alpha value is -2.15. The standard InChI is InChI=1S/C10H9ClN4O3/c1-2-14-6-7(5-12-14)18-10-8(15(16)17)3-4-9(11)13-10/h3-6H,2H2,1H3. The van der Waals surface area contributed by atoms with Gasteiger partial charge in [0, 0.05) is 12.6 Å². The average Bonchev–Trinajstić information content (AvgIpc) is 2.76. The first-order valence-electron chi connectivity index (χ1n) is 5.11. The largest absolute Gasteiger partial charge is 0.430 e. The van der Waals surface area contributed by atoms with E-state index >= 15 is 0 Å². The van der Waals surface area contributed by atoms with Gasteiger partial charge in [0.2, 0.25) is 0 Å². The molecule has 0 aliphatic rings. The number of pyridine rings is 1. The molecule has 0 N–H and O–H groups in total. The second-order valence-corrected chi connectivity index (χ2v) is 3.74. The molecule has 0 amide bonds. The number of hydrogen-bond acceptors (Lipinski definition) is 5. The molecule has 18 heavy (non-hydrogen) atoms. The van der Waals surface area contributed by atoms with Gasteiger partial charge in [-0.2, -0.15) is 10.1 Å². The molecule has 0 saturated carbocycles. The highest BCUT2D eigenvalue weighted by molar-refractivity contribution is 6.29. The molecule has 0 atom stereocenters. The first-order valence-corrected chi connectivity index (χ1v) is 5.49. The van der Waals surface area contributed by atoms with Gasteiger partial charge in [0.1, 0.15) is 5.15 Å². The van der Waals surface area contributed by atoms with Crippen LogP contribution in [0, 0.1) is 10.1 Å². The molecule has 0 aromatic carbocycles. The molecule has 2 aromatic rings. The van der Waals surface area contributed by atoms with E-state index in [1.807, 2.05) is 6.92 Å². The third-order valence-electron chi connectivity index (χ3n) is 2.15. The zero-order valence-electron chi connectivity index (χ0n) is 9.41. The Morgan fingerprint density at radius 2 is 2.33 bits per heavy atom. The minimum atomic E-state index is -0.580. The summed E-state index contributed by atoms with van der Waals surface area (Å²) < 4.78 is 6.94. The van der Waals surface area contributed by atoms with E-state index in [9.17, 15) is 10.1 Å². The minimum Gasteiger partial charge on any atom is -0.430 e. The van der Waals surface area contributed by atoms with Gasteiger partial charge in [-0.15, -0.1) is 0 Å². The Labute approximate surface area is 107 Å². The Kier molecular flexibility index (Phi) is 3.42. The summed E-state index contributed by atoms with van der Waals surface area (Å²) in [6.07, 6.45) is 3.07. The number of aryl methyl sites for hydroxylation is 1. The molecule has 0 unspecified atom stereocenters. The van der Waals surface area contributed by atoms with Gasteiger partial charge in [-0.1, -0.05) is 11.6 Å². The third-order valence-corrected chi connectivity index (χ3v) is 2.36. The zero-order valence-corrected chi connectivity index (χ0v) is 10.2. The van der Waals surface area contributed by atoms with Crippen LogP contribution in [0.1, 0.15) is 6.92 Å². The van der Waals surface area contributed by atoms with Crippen LogP contribution in [0.2, 0.25) is 5.15 Å². The summed E-state index contributed by atoms with van der Waals surface area (Å²) in [6, 6.07) is 2.58. The Bertz CT molecular complexity index is 584. The summed E-state index contributed by atoms with van der Waals surface area (Å²) >= 11 is 5.69. The van der Waals surface area contributed by atoms with E-state index in [1.54, 1.807) is 10.9 Å². The van der Waals surface area contributed by atoms with Crippen molar-refractivity contribution in [3.05, 3.63) is 39.8 Å². The number of nitrogens with zero attached hydrogens (tertiary/aromatic N) is 4. The van der Waals surface area contributed by atoms with Gasteiger partial charge in [-0.3, -0.25) is 14.8 Å². The van der Waals surface area contributed by atoms with E-state index in [-0.39, 0.29) is 16.7 Å². The van der Waals surface area contributed by atoms with Crippen LogP contribution in [-0.2, 0) is 6.54 Å². The molecule has 0 aliphatic carbocycles. The van der Waals surface area contributed by atoms with Crippen molar-refractivity contribution in [2.75, 3.05) is 0 Å². The lowest BCUT2D eigenvalue weighted by Gasteiger charge is -2.02. The van der Waals surface area contributed by atoms with Crippen molar-refractivity contribution in [2.45, 2.75) is 13.5 Å². The second-order valence-electron chi connectivity index (χ2n) is 3.35. The number of halogens is 1. The lowest BCUT2D eigenvalue weighted by atomic mass is 10.4. The zero-order chi connectivity index (χ0) is 13.1. The van der Waals surface area contributed by atoms with Gasteiger partial charge in [0.25, 0.3) is 0 Å². The lowest BCUT2D eigenvalue weighted by molar-refractivity contribution is -0.386. The molecular formula is C10H9ClN4O3. The van der Waals surface area contributed by atoms with E-state index in [0.29, 0.717) is 12.3 Å². The van der Waals surface area contributed by atoms with Gasteiger partial charge in [0.05, 0.1) is 17.3 Å². The Morgan fingerprint density at radius 1 is 1.56 bits per heavy atom. The number of aromatic nitrogens is 3. The molecule has 8 heteroatoms. The quantitative estimate of drug-likeness (QED) is 0.483. The maximum atomic E-state index is 10.8. The second kappa shape index (κ2) is 5.01. The number of rotatable bonds is 4. The minimum absolute atomic E-state index is 0.124. The highest BCUT2D eigenvalue weighted by Gasteiger charge is 2.18. The summed E-state index contributed by atoms with van der Waals surface area (Å²) in [5.74, 6) is 0.220. The molecule has 2 rings (SSSR count). The SMILES string of the molecule is CCn1cc(Oc2nc(Cl)ccc2[N+](=O)[O-])cn1. The Balaban J connectivity index is 2.32. The van der Waals surface area contributed by atoms with Crippen molar-refractivity contribution in [2.24, 2.45) is 0 Å². The van der Waals surface area contributed by atoms with Gasteiger partial charge < -0.3 is 4.74 Å². The smallest absolute Gasteiger partial charge is 0.331 e. The van der Waals surface area contributed by atoms with Crippen LogP contribution in [0.5, 0.6) is 11.6 Å². The summed E-state index contributed by atoms with van der Waals surface area (Å²) in [5, 5.41) is 14.9. The molecule has 0 saturated heterocycles. The van der Waals surface area contributed by atoms with Crippen molar-refractivity contribution >= 4 is 17.3 Å². The topological polar surface area (TPSA) is 83.1 Å². The van der Waals surface area contributed by atoms with Crippen molar-refractivity contribution in [3.8, 4) is 11.6 Å². The normalized spacial score (nSPS) is 10.3. The summed E-state index contributed by atoms with van der Waals surface area (Å²) in [7, 11) is 0. The van der Waals surface area contributed by atoms with Crippen molar-refractivity contribution in [1.29, 1.82) is 0 Å². The van der Waals surface area contributed by atoms with E-state index in [2.05, 4.69) is 10.1 Å². The average molecular weight is 269 g/mol. The molecule has 0 bridgehead atoms. The van der Waals surface area contributed by atoms with Crippen molar-refractivity contribution < 1.29 is 9.66 Å². The van der Waals surface area contributed by atoms with Crippen LogP contribution in [0.25, 0.3) is 0 Å². The molecule has 2 heterocycles. The fraction of sp³-hybridized carbons (Fsp3) is 0.200. The maximum absolute atomic E-state index is 10.8. The number of hydrogen-bond donors (Lipinski definition) is 0. The van der Waals surface area contributed by atoms with Crippen LogP contribution in [0.4, 0.5) is 5.69 Å². The molecule has 2 aromatic heterocycles. The maximum Gasteiger partial charge on any atom is 0.331 e. The van der Waals surface area contributed by atoms with Gasteiger partial charge in [-0.05, 0) is 13.0 Å². The summed E-state index contributed by atoms with van der Waals surface area (Å²) in [4.78, 5) is 14.0. The highest BCUT2D eigenvalue weighted by Crippen LogP contribution is 2.30. The molecule has 7 nitrogen and oxygen atoms in total. The van der Waals surface area contributed by atoms with Crippen LogP contribution >= 0.6 is 11.6 Å². The van der Waals surface area contributed by atoms with Gasteiger partial charge >= 0.3 is 11.6 Å². The first kappa shape index (κ1) is 12.3. The lowest BCUT2D eigenvalue weighted by Crippen LogP contribution is -1.96. The Morgan fingerprint density at radius 3 is 2.94 bits per heavy atom. The highest BCUT2D eigenvalue weighted by atomic mass is 35.5. The van der Waals surface area contributed by atoms with Gasteiger partial charge in [-0.25, -0.2) is 0 Å².